The molecule has 1 fully saturated rings. The number of rotatable bonds is 5. The third kappa shape index (κ3) is 4.53. The Morgan fingerprint density at radius 3 is 2.70 bits per heavy atom. The number of carbonyl (C=O) groups excluding carboxylic acids is 2. The molecular weight excluding hydrogens is 344 g/mol. The van der Waals surface area contributed by atoms with Crippen molar-refractivity contribution in [3.05, 3.63) is 47.1 Å². The highest BCUT2D eigenvalue weighted by Gasteiger charge is 2.31. The smallest absolute Gasteiger partial charge is 0.253 e. The summed E-state index contributed by atoms with van der Waals surface area (Å²) < 4.78 is 5.17. The van der Waals surface area contributed by atoms with E-state index in [-0.39, 0.29) is 24.3 Å². The van der Waals surface area contributed by atoms with Gasteiger partial charge in [-0.25, -0.2) is 0 Å². The minimum atomic E-state index is -0.202. The first kappa shape index (κ1) is 19.1. The van der Waals surface area contributed by atoms with Gasteiger partial charge < -0.3 is 14.3 Å². The van der Waals surface area contributed by atoms with Crippen LogP contribution in [0.15, 0.2) is 28.8 Å². The number of hydrogen-bond acceptors (Lipinski definition) is 5. The molecule has 1 aromatic heterocycles. The van der Waals surface area contributed by atoms with Crippen LogP contribution >= 0.6 is 0 Å². The van der Waals surface area contributed by atoms with Crippen LogP contribution in [0.1, 0.15) is 47.4 Å². The van der Waals surface area contributed by atoms with Crippen molar-refractivity contribution >= 4 is 11.8 Å². The number of benzene rings is 1. The van der Waals surface area contributed by atoms with Crippen molar-refractivity contribution in [1.82, 2.24) is 19.9 Å². The van der Waals surface area contributed by atoms with Crippen molar-refractivity contribution < 1.29 is 14.1 Å². The second-order valence-corrected chi connectivity index (χ2v) is 7.11. The monoisotopic (exact) mass is 370 g/mol. The molecule has 2 aromatic rings. The summed E-state index contributed by atoms with van der Waals surface area (Å²) in [4.78, 5) is 33.2. The van der Waals surface area contributed by atoms with Crippen molar-refractivity contribution in [3.8, 4) is 0 Å². The van der Waals surface area contributed by atoms with Gasteiger partial charge in [-0.2, -0.15) is 4.98 Å². The van der Waals surface area contributed by atoms with E-state index in [0.717, 1.165) is 18.4 Å². The van der Waals surface area contributed by atoms with E-state index >= 15 is 0 Å². The van der Waals surface area contributed by atoms with Gasteiger partial charge in [0.05, 0.1) is 12.5 Å². The first-order valence-electron chi connectivity index (χ1n) is 9.40. The summed E-state index contributed by atoms with van der Waals surface area (Å²) in [7, 11) is 1.74. The summed E-state index contributed by atoms with van der Waals surface area (Å²) in [6.07, 6.45) is 2.30. The van der Waals surface area contributed by atoms with Crippen LogP contribution in [0.3, 0.4) is 0 Å². The fourth-order valence-electron chi connectivity index (χ4n) is 3.33. The highest BCUT2D eigenvalue weighted by atomic mass is 16.5. The molecule has 0 spiro atoms. The molecule has 2 heterocycles. The number of carbonyl (C=O) groups is 2. The molecule has 1 aliphatic rings. The van der Waals surface area contributed by atoms with Crippen LogP contribution in [0.5, 0.6) is 0 Å². The third-order valence-corrected chi connectivity index (χ3v) is 4.93. The lowest BCUT2D eigenvalue weighted by molar-refractivity contribution is -0.136. The molecule has 1 saturated heterocycles. The molecule has 144 valence electrons. The first-order chi connectivity index (χ1) is 13.0. The van der Waals surface area contributed by atoms with Crippen LogP contribution in [-0.4, -0.2) is 51.9 Å². The lowest BCUT2D eigenvalue weighted by Crippen LogP contribution is -2.45. The van der Waals surface area contributed by atoms with E-state index in [1.54, 1.807) is 16.8 Å². The Kier molecular flexibility index (Phi) is 5.88. The quantitative estimate of drug-likeness (QED) is 0.808. The molecule has 0 aliphatic carbocycles. The highest BCUT2D eigenvalue weighted by Crippen LogP contribution is 2.21. The minimum Gasteiger partial charge on any atom is -0.338 e. The Balaban J connectivity index is 1.61. The Bertz CT molecular complexity index is 800. The van der Waals surface area contributed by atoms with Gasteiger partial charge in [-0.15, -0.1) is 0 Å². The molecule has 0 radical (unpaired) electrons. The number of nitrogens with zero attached hydrogens (tertiary/aromatic N) is 4. The standard InChI is InChI=1S/C20H26N4O3/c1-4-17-21-18(27-22-17)13-23(3)19(25)16-6-5-11-24(12-16)20(26)15-9-7-14(2)8-10-15/h7-10,16H,4-6,11-13H2,1-3H3. The number of aromatic nitrogens is 2. The summed E-state index contributed by atoms with van der Waals surface area (Å²) in [5.41, 5.74) is 1.78. The van der Waals surface area contributed by atoms with Crippen molar-refractivity contribution in [2.75, 3.05) is 20.1 Å². The summed E-state index contributed by atoms with van der Waals surface area (Å²) >= 11 is 0. The van der Waals surface area contributed by atoms with Gasteiger partial charge in [0.1, 0.15) is 0 Å². The normalized spacial score (nSPS) is 17.0. The average Bonchev–Trinajstić information content (AvgIpc) is 3.15. The molecule has 27 heavy (non-hydrogen) atoms. The maximum absolute atomic E-state index is 12.8. The number of likely N-dealkylation sites (tertiary alicyclic amines) is 1. The molecule has 1 aliphatic heterocycles. The maximum Gasteiger partial charge on any atom is 0.253 e. The van der Waals surface area contributed by atoms with Gasteiger partial charge in [-0.05, 0) is 31.9 Å². The maximum atomic E-state index is 12.8. The largest absolute Gasteiger partial charge is 0.338 e. The lowest BCUT2D eigenvalue weighted by Gasteiger charge is -2.33. The zero-order valence-corrected chi connectivity index (χ0v) is 16.1. The lowest BCUT2D eigenvalue weighted by atomic mass is 9.96. The molecular formula is C20H26N4O3. The average molecular weight is 370 g/mol. The zero-order valence-electron chi connectivity index (χ0n) is 16.1. The molecule has 1 unspecified atom stereocenters. The molecule has 0 N–H and O–H groups in total. The van der Waals surface area contributed by atoms with E-state index in [2.05, 4.69) is 10.1 Å². The van der Waals surface area contributed by atoms with Crippen LogP contribution in [0.2, 0.25) is 0 Å². The number of piperidine rings is 1. The molecule has 3 rings (SSSR count). The molecule has 1 atom stereocenters. The van der Waals surface area contributed by atoms with Gasteiger partial charge in [-0.1, -0.05) is 29.8 Å². The van der Waals surface area contributed by atoms with Crippen molar-refractivity contribution in [2.24, 2.45) is 5.92 Å². The molecule has 2 amide bonds. The van der Waals surface area contributed by atoms with E-state index in [1.807, 2.05) is 38.1 Å². The Morgan fingerprint density at radius 1 is 1.30 bits per heavy atom. The van der Waals surface area contributed by atoms with Gasteiger partial charge in [-0.3, -0.25) is 9.59 Å². The number of aryl methyl sites for hydroxylation is 2. The first-order valence-corrected chi connectivity index (χ1v) is 9.40. The van der Waals surface area contributed by atoms with E-state index in [0.29, 0.717) is 36.8 Å². The predicted octanol–water partition coefficient (Wildman–Crippen LogP) is 2.45. The van der Waals surface area contributed by atoms with E-state index in [4.69, 9.17) is 4.52 Å². The summed E-state index contributed by atoms with van der Waals surface area (Å²) in [6, 6.07) is 7.55. The number of hydrogen-bond donors (Lipinski definition) is 0. The summed E-state index contributed by atoms with van der Waals surface area (Å²) in [5.74, 6) is 0.864. The Hall–Kier alpha value is -2.70. The van der Waals surface area contributed by atoms with Gasteiger partial charge in [0.2, 0.25) is 11.8 Å². The van der Waals surface area contributed by atoms with Crippen molar-refractivity contribution in [3.63, 3.8) is 0 Å². The van der Waals surface area contributed by atoms with Gasteiger partial charge in [0, 0.05) is 32.1 Å². The fraction of sp³-hybridized carbons (Fsp3) is 0.500. The molecule has 0 bridgehead atoms. The zero-order chi connectivity index (χ0) is 19.4. The van der Waals surface area contributed by atoms with E-state index in [9.17, 15) is 9.59 Å². The van der Waals surface area contributed by atoms with Crippen LogP contribution in [0.4, 0.5) is 0 Å². The molecule has 7 nitrogen and oxygen atoms in total. The highest BCUT2D eigenvalue weighted by molar-refractivity contribution is 5.94. The number of amides is 2. The third-order valence-electron chi connectivity index (χ3n) is 4.93. The minimum absolute atomic E-state index is 0.00709. The molecule has 7 heteroatoms. The molecule has 1 aromatic carbocycles. The van der Waals surface area contributed by atoms with Gasteiger partial charge in [0.25, 0.3) is 5.91 Å². The summed E-state index contributed by atoms with van der Waals surface area (Å²) in [5, 5.41) is 3.86. The Morgan fingerprint density at radius 2 is 2.04 bits per heavy atom. The van der Waals surface area contributed by atoms with E-state index in [1.165, 1.54) is 0 Å². The van der Waals surface area contributed by atoms with E-state index < -0.39 is 0 Å². The van der Waals surface area contributed by atoms with Gasteiger partial charge >= 0.3 is 0 Å². The topological polar surface area (TPSA) is 79.5 Å². The second-order valence-electron chi connectivity index (χ2n) is 7.11. The Labute approximate surface area is 159 Å². The van der Waals surface area contributed by atoms with Crippen LogP contribution in [-0.2, 0) is 17.8 Å². The van der Waals surface area contributed by atoms with Crippen LogP contribution in [0, 0.1) is 12.8 Å². The molecule has 0 saturated carbocycles. The SMILES string of the molecule is CCc1noc(CN(C)C(=O)C2CCCN(C(=O)c3ccc(C)cc3)C2)n1. The second kappa shape index (κ2) is 8.33. The van der Waals surface area contributed by atoms with Gasteiger partial charge in [0.15, 0.2) is 5.82 Å². The van der Waals surface area contributed by atoms with Crippen molar-refractivity contribution in [1.29, 1.82) is 0 Å². The fourth-order valence-corrected chi connectivity index (χ4v) is 3.33. The summed E-state index contributed by atoms with van der Waals surface area (Å²) in [6.45, 7) is 5.36. The van der Waals surface area contributed by atoms with Crippen molar-refractivity contribution in [2.45, 2.75) is 39.7 Å². The van der Waals surface area contributed by atoms with Crippen LogP contribution in [0.25, 0.3) is 0 Å². The predicted molar refractivity (Wildman–Crippen MR) is 100.0 cm³/mol. The van der Waals surface area contributed by atoms with Crippen LogP contribution < -0.4 is 0 Å².